The van der Waals surface area contributed by atoms with Gasteiger partial charge in [-0.1, -0.05) is 30.3 Å². The zero-order valence-electron chi connectivity index (χ0n) is 12.7. The average Bonchev–Trinajstić information content (AvgIpc) is 2.44. The number of hydrogen-bond acceptors (Lipinski definition) is 2. The first-order valence-corrected chi connectivity index (χ1v) is 7.41. The van der Waals surface area contributed by atoms with Gasteiger partial charge in [-0.3, -0.25) is 0 Å². The Labute approximate surface area is 125 Å². The second-order valence-corrected chi connectivity index (χ2v) is 6.47. The third kappa shape index (κ3) is 1.86. The highest BCUT2D eigenvalue weighted by Crippen LogP contribution is 2.44. The molecule has 2 aliphatic rings. The number of benzene rings is 2. The summed E-state index contributed by atoms with van der Waals surface area (Å²) in [5.74, 6) is 0.982. The van der Waals surface area contributed by atoms with Crippen LogP contribution in [0.2, 0.25) is 0 Å². The minimum Gasteiger partial charge on any atom is -0.488 e. The molecule has 0 fully saturated rings. The van der Waals surface area contributed by atoms with Crippen molar-refractivity contribution in [2.75, 3.05) is 5.32 Å². The molecule has 106 valence electrons. The molecule has 2 aromatic rings. The highest BCUT2D eigenvalue weighted by molar-refractivity contribution is 5.89. The monoisotopic (exact) mass is 277 g/mol. The van der Waals surface area contributed by atoms with Crippen molar-refractivity contribution in [3.63, 3.8) is 0 Å². The van der Waals surface area contributed by atoms with E-state index in [-0.39, 0.29) is 5.54 Å². The molecule has 0 atom stereocenters. The number of hydrogen-bond donors (Lipinski definition) is 1. The Morgan fingerprint density at radius 3 is 2.71 bits per heavy atom. The zero-order chi connectivity index (χ0) is 14.6. The van der Waals surface area contributed by atoms with Gasteiger partial charge in [0.05, 0.1) is 5.54 Å². The summed E-state index contributed by atoms with van der Waals surface area (Å²) in [6, 6.07) is 12.7. The van der Waals surface area contributed by atoms with Gasteiger partial charge in [0.2, 0.25) is 0 Å². The maximum absolute atomic E-state index is 5.96. The smallest absolute Gasteiger partial charge is 0.127 e. The Balaban J connectivity index is 1.97. The fourth-order valence-electron chi connectivity index (χ4n) is 3.57. The van der Waals surface area contributed by atoms with E-state index in [4.69, 9.17) is 4.74 Å². The van der Waals surface area contributed by atoms with E-state index < -0.39 is 0 Å². The highest BCUT2D eigenvalue weighted by atomic mass is 16.5. The molecule has 0 amide bonds. The molecule has 0 radical (unpaired) electrons. The number of rotatable bonds is 0. The van der Waals surface area contributed by atoms with Gasteiger partial charge in [0.15, 0.2) is 0 Å². The minimum absolute atomic E-state index is 0.00124. The van der Waals surface area contributed by atoms with Crippen LogP contribution >= 0.6 is 0 Å². The summed E-state index contributed by atoms with van der Waals surface area (Å²) in [4.78, 5) is 0. The van der Waals surface area contributed by atoms with Crippen molar-refractivity contribution in [1.29, 1.82) is 0 Å². The van der Waals surface area contributed by atoms with Gasteiger partial charge in [0.25, 0.3) is 0 Å². The molecule has 1 N–H and O–H groups in total. The van der Waals surface area contributed by atoms with E-state index in [1.165, 1.54) is 33.5 Å². The van der Waals surface area contributed by atoms with Crippen LogP contribution in [-0.4, -0.2) is 5.54 Å². The van der Waals surface area contributed by atoms with Gasteiger partial charge in [-0.15, -0.1) is 0 Å². The second-order valence-electron chi connectivity index (χ2n) is 6.47. The number of fused-ring (bicyclic) bond motifs is 5. The Morgan fingerprint density at radius 2 is 1.86 bits per heavy atom. The SMILES string of the molecule is CC1=CC(C)(C)Nc2ccc3c(c21)COc1ccccc1-3. The molecule has 0 spiro atoms. The van der Waals surface area contributed by atoms with Crippen molar-refractivity contribution in [3.05, 3.63) is 53.6 Å². The van der Waals surface area contributed by atoms with Crippen LogP contribution in [0.3, 0.4) is 0 Å². The standard InChI is InChI=1S/C19H19NO/c1-12-10-19(2,3)20-16-9-8-13-14-6-4-5-7-17(14)21-11-15(13)18(12)16/h4-10,20H,11H2,1-3H3. The second kappa shape index (κ2) is 4.14. The lowest BCUT2D eigenvalue weighted by atomic mass is 9.84. The summed E-state index contributed by atoms with van der Waals surface area (Å²) in [5.41, 5.74) is 7.63. The molecule has 0 bridgehead atoms. The van der Waals surface area contributed by atoms with Gasteiger partial charge in [0, 0.05) is 22.4 Å². The number of ether oxygens (including phenoxy) is 1. The Kier molecular flexibility index (Phi) is 2.47. The molecule has 2 heterocycles. The molecular weight excluding hydrogens is 258 g/mol. The summed E-state index contributed by atoms with van der Waals surface area (Å²) in [5, 5.41) is 3.61. The first-order valence-electron chi connectivity index (χ1n) is 7.41. The van der Waals surface area contributed by atoms with Gasteiger partial charge >= 0.3 is 0 Å². The predicted octanol–water partition coefficient (Wildman–Crippen LogP) is 4.85. The lowest BCUT2D eigenvalue weighted by Gasteiger charge is -2.34. The fraction of sp³-hybridized carbons (Fsp3) is 0.263. The number of para-hydroxylation sites is 1. The van der Waals surface area contributed by atoms with Gasteiger partial charge in [-0.25, -0.2) is 0 Å². The van der Waals surface area contributed by atoms with Crippen molar-refractivity contribution >= 4 is 11.3 Å². The van der Waals surface area contributed by atoms with E-state index in [0.717, 1.165) is 5.75 Å². The van der Waals surface area contributed by atoms with Crippen LogP contribution in [0.5, 0.6) is 5.75 Å². The highest BCUT2D eigenvalue weighted by Gasteiger charge is 2.28. The van der Waals surface area contributed by atoms with E-state index in [0.29, 0.717) is 6.61 Å². The molecule has 0 aromatic heterocycles. The molecule has 21 heavy (non-hydrogen) atoms. The zero-order valence-corrected chi connectivity index (χ0v) is 12.7. The van der Waals surface area contributed by atoms with Crippen LogP contribution in [0, 0.1) is 0 Å². The molecule has 0 saturated carbocycles. The first kappa shape index (κ1) is 12.5. The van der Waals surface area contributed by atoms with Crippen molar-refractivity contribution in [3.8, 4) is 16.9 Å². The van der Waals surface area contributed by atoms with E-state index in [2.05, 4.69) is 56.4 Å². The topological polar surface area (TPSA) is 21.3 Å². The predicted molar refractivity (Wildman–Crippen MR) is 87.6 cm³/mol. The molecule has 2 aliphatic heterocycles. The molecule has 0 aliphatic carbocycles. The number of nitrogens with one attached hydrogen (secondary N) is 1. The largest absolute Gasteiger partial charge is 0.488 e. The third-order valence-corrected chi connectivity index (χ3v) is 4.29. The lowest BCUT2D eigenvalue weighted by molar-refractivity contribution is 0.302. The molecule has 2 aromatic carbocycles. The van der Waals surface area contributed by atoms with Crippen molar-refractivity contribution in [2.45, 2.75) is 32.9 Å². The quantitative estimate of drug-likeness (QED) is 0.743. The van der Waals surface area contributed by atoms with Crippen LogP contribution in [0.25, 0.3) is 16.7 Å². The summed E-state index contributed by atoms with van der Waals surface area (Å²) >= 11 is 0. The third-order valence-electron chi connectivity index (χ3n) is 4.29. The first-order chi connectivity index (χ1) is 10.1. The fourth-order valence-corrected chi connectivity index (χ4v) is 3.57. The van der Waals surface area contributed by atoms with E-state index in [1.807, 2.05) is 12.1 Å². The van der Waals surface area contributed by atoms with Gasteiger partial charge < -0.3 is 10.1 Å². The summed E-state index contributed by atoms with van der Waals surface area (Å²) in [6.07, 6.45) is 2.30. The van der Waals surface area contributed by atoms with Crippen LogP contribution < -0.4 is 10.1 Å². The molecular formula is C19H19NO. The average molecular weight is 277 g/mol. The summed E-state index contributed by atoms with van der Waals surface area (Å²) in [7, 11) is 0. The molecule has 0 unspecified atom stereocenters. The van der Waals surface area contributed by atoms with E-state index in [1.54, 1.807) is 0 Å². The van der Waals surface area contributed by atoms with Gasteiger partial charge in [0.1, 0.15) is 12.4 Å². The number of allylic oxidation sites excluding steroid dienone is 1. The number of anilines is 1. The normalized spacial score (nSPS) is 17.6. The minimum atomic E-state index is -0.00124. The molecule has 0 saturated heterocycles. The van der Waals surface area contributed by atoms with E-state index >= 15 is 0 Å². The van der Waals surface area contributed by atoms with Crippen LogP contribution in [0.1, 0.15) is 31.9 Å². The van der Waals surface area contributed by atoms with Crippen LogP contribution in [0.15, 0.2) is 42.5 Å². The maximum atomic E-state index is 5.96. The van der Waals surface area contributed by atoms with Gasteiger partial charge in [-0.2, -0.15) is 0 Å². The van der Waals surface area contributed by atoms with Crippen LogP contribution in [-0.2, 0) is 6.61 Å². The Morgan fingerprint density at radius 1 is 1.05 bits per heavy atom. The summed E-state index contributed by atoms with van der Waals surface area (Å²) in [6.45, 7) is 7.24. The van der Waals surface area contributed by atoms with E-state index in [9.17, 15) is 0 Å². The molecule has 2 heteroatoms. The Hall–Kier alpha value is -2.22. The Bertz CT molecular complexity index is 771. The maximum Gasteiger partial charge on any atom is 0.127 e. The van der Waals surface area contributed by atoms with Crippen molar-refractivity contribution < 1.29 is 4.74 Å². The lowest BCUT2D eigenvalue weighted by Crippen LogP contribution is -2.32. The van der Waals surface area contributed by atoms with Crippen molar-refractivity contribution in [1.82, 2.24) is 0 Å². The van der Waals surface area contributed by atoms with Crippen molar-refractivity contribution in [2.24, 2.45) is 0 Å². The van der Waals surface area contributed by atoms with Crippen LogP contribution in [0.4, 0.5) is 5.69 Å². The van der Waals surface area contributed by atoms with Gasteiger partial charge in [-0.05, 0) is 44.0 Å². The molecule has 2 nitrogen and oxygen atoms in total. The summed E-state index contributed by atoms with van der Waals surface area (Å²) < 4.78 is 5.96. The molecule has 4 rings (SSSR count).